The van der Waals surface area contributed by atoms with Crippen LogP contribution < -0.4 is 10.6 Å². The van der Waals surface area contributed by atoms with E-state index in [9.17, 15) is 0 Å². The molecule has 0 radical (unpaired) electrons. The molecule has 1 aliphatic rings. The van der Waals surface area contributed by atoms with Crippen molar-refractivity contribution in [2.45, 2.75) is 32.9 Å². The molecule has 1 aromatic carbocycles. The molecule has 0 amide bonds. The molecule has 162 valence electrons. The van der Waals surface area contributed by atoms with Gasteiger partial charge < -0.3 is 20.1 Å². The minimum absolute atomic E-state index is 0. The van der Waals surface area contributed by atoms with Crippen molar-refractivity contribution >= 4 is 40.8 Å². The first kappa shape index (κ1) is 24.0. The highest BCUT2D eigenvalue weighted by Crippen LogP contribution is 2.15. The van der Waals surface area contributed by atoms with Gasteiger partial charge in [-0.3, -0.25) is 9.89 Å². The molecule has 0 aliphatic carbocycles. The summed E-state index contributed by atoms with van der Waals surface area (Å²) in [6.45, 7) is 12.6. The number of benzene rings is 1. The summed E-state index contributed by atoms with van der Waals surface area (Å²) in [6.07, 6.45) is 3.25. The monoisotopic (exact) mass is 512 g/mol. The Balaban J connectivity index is 0.00000300. The van der Waals surface area contributed by atoms with E-state index < -0.39 is 0 Å². The van der Waals surface area contributed by atoms with E-state index in [1.807, 2.05) is 0 Å². The lowest BCUT2D eigenvalue weighted by atomic mass is 10.2. The van der Waals surface area contributed by atoms with Crippen LogP contribution in [0.2, 0.25) is 0 Å². The van der Waals surface area contributed by atoms with E-state index in [0.717, 1.165) is 64.7 Å². The lowest BCUT2D eigenvalue weighted by Crippen LogP contribution is -2.49. The predicted molar refractivity (Wildman–Crippen MR) is 134 cm³/mol. The lowest BCUT2D eigenvalue weighted by Gasteiger charge is -2.35. The molecule has 29 heavy (non-hydrogen) atoms. The van der Waals surface area contributed by atoms with Crippen molar-refractivity contribution in [3.8, 4) is 0 Å². The van der Waals surface area contributed by atoms with Crippen LogP contribution in [0.3, 0.4) is 0 Å². The summed E-state index contributed by atoms with van der Waals surface area (Å²) in [6, 6.07) is 11.2. The summed E-state index contributed by atoms with van der Waals surface area (Å²) in [4.78, 5) is 9.77. The molecule has 3 rings (SSSR count). The Kier molecular flexibility index (Phi) is 10.2. The number of nitrogens with one attached hydrogen (secondary N) is 2. The minimum atomic E-state index is 0. The predicted octanol–water partition coefficient (Wildman–Crippen LogP) is 2.84. The third kappa shape index (κ3) is 7.15. The van der Waals surface area contributed by atoms with E-state index in [-0.39, 0.29) is 24.0 Å². The number of guanidine groups is 1. The zero-order chi connectivity index (χ0) is 19.8. The van der Waals surface area contributed by atoms with Gasteiger partial charge in [0.15, 0.2) is 5.96 Å². The summed E-state index contributed by atoms with van der Waals surface area (Å²) < 4.78 is 2.33. The van der Waals surface area contributed by atoms with Crippen molar-refractivity contribution in [2.75, 3.05) is 52.9 Å². The fourth-order valence-corrected chi connectivity index (χ4v) is 3.74. The Morgan fingerprint density at radius 1 is 1.10 bits per heavy atom. The van der Waals surface area contributed by atoms with Crippen molar-refractivity contribution in [2.24, 2.45) is 4.99 Å². The SMILES string of the molecule is CCNC(=NCC(C)N1CCN(C)CC1)NCCCn1ccc2ccccc21.I. The Labute approximate surface area is 192 Å². The number of likely N-dealkylation sites (N-methyl/N-ethyl adjacent to an activating group) is 1. The smallest absolute Gasteiger partial charge is 0.191 e. The number of aryl methyl sites for hydroxylation is 1. The van der Waals surface area contributed by atoms with E-state index in [1.54, 1.807) is 0 Å². The number of fused-ring (bicyclic) bond motifs is 1. The second kappa shape index (κ2) is 12.4. The molecular weight excluding hydrogens is 475 g/mol. The fourth-order valence-electron chi connectivity index (χ4n) is 3.74. The molecule has 0 bridgehead atoms. The number of halogens is 1. The first-order valence-electron chi connectivity index (χ1n) is 10.7. The molecule has 0 spiro atoms. The van der Waals surface area contributed by atoms with E-state index in [1.165, 1.54) is 10.9 Å². The number of aromatic nitrogens is 1. The van der Waals surface area contributed by atoms with Crippen LogP contribution in [0.5, 0.6) is 0 Å². The highest BCUT2D eigenvalue weighted by atomic mass is 127. The van der Waals surface area contributed by atoms with Crippen molar-refractivity contribution in [3.05, 3.63) is 36.5 Å². The first-order valence-corrected chi connectivity index (χ1v) is 10.7. The number of nitrogens with zero attached hydrogens (tertiary/aromatic N) is 4. The third-order valence-corrected chi connectivity index (χ3v) is 5.57. The quantitative estimate of drug-likeness (QED) is 0.247. The molecule has 2 heterocycles. The van der Waals surface area contributed by atoms with E-state index in [2.05, 4.69) is 82.4 Å². The molecule has 2 N–H and O–H groups in total. The van der Waals surface area contributed by atoms with E-state index in [0.29, 0.717) is 6.04 Å². The molecule has 1 atom stereocenters. The average Bonchev–Trinajstić information content (AvgIpc) is 3.12. The van der Waals surface area contributed by atoms with Gasteiger partial charge in [-0.25, -0.2) is 0 Å². The second-order valence-electron chi connectivity index (χ2n) is 7.76. The van der Waals surface area contributed by atoms with Gasteiger partial charge in [-0.15, -0.1) is 24.0 Å². The van der Waals surface area contributed by atoms with Gasteiger partial charge >= 0.3 is 0 Å². The van der Waals surface area contributed by atoms with Gasteiger partial charge in [-0.2, -0.15) is 0 Å². The number of aliphatic imine (C=N–C) groups is 1. The number of hydrogen-bond acceptors (Lipinski definition) is 3. The molecule has 0 saturated carbocycles. The van der Waals surface area contributed by atoms with Gasteiger partial charge in [0.25, 0.3) is 0 Å². The van der Waals surface area contributed by atoms with Crippen LogP contribution >= 0.6 is 24.0 Å². The number of para-hydroxylation sites is 1. The Morgan fingerprint density at radius 3 is 2.62 bits per heavy atom. The summed E-state index contributed by atoms with van der Waals surface area (Å²) in [5, 5.41) is 8.18. The maximum Gasteiger partial charge on any atom is 0.191 e. The van der Waals surface area contributed by atoms with Gasteiger partial charge in [0.1, 0.15) is 0 Å². The molecule has 1 saturated heterocycles. The number of rotatable bonds is 8. The summed E-state index contributed by atoms with van der Waals surface area (Å²) >= 11 is 0. The van der Waals surface area contributed by atoms with Crippen LogP contribution in [0.4, 0.5) is 0 Å². The first-order chi connectivity index (χ1) is 13.7. The summed E-state index contributed by atoms with van der Waals surface area (Å²) in [5.41, 5.74) is 1.31. The topological polar surface area (TPSA) is 47.8 Å². The van der Waals surface area contributed by atoms with Gasteiger partial charge in [0.2, 0.25) is 0 Å². The highest BCUT2D eigenvalue weighted by Gasteiger charge is 2.18. The molecule has 7 heteroatoms. The fraction of sp³-hybridized carbons (Fsp3) is 0.591. The van der Waals surface area contributed by atoms with Crippen molar-refractivity contribution in [1.82, 2.24) is 25.0 Å². The standard InChI is InChI=1S/C22H36N6.HI/c1-4-23-22(25-18-19(2)27-16-14-26(3)15-17-27)24-11-7-12-28-13-10-20-8-5-6-9-21(20)28;/h5-6,8-10,13,19H,4,7,11-12,14-18H2,1-3H3,(H2,23,24,25);1H. The molecule has 2 aromatic rings. The van der Waals surface area contributed by atoms with Crippen LogP contribution in [0.15, 0.2) is 41.5 Å². The van der Waals surface area contributed by atoms with Gasteiger partial charge in [-0.1, -0.05) is 18.2 Å². The van der Waals surface area contributed by atoms with Gasteiger partial charge in [0, 0.05) is 63.6 Å². The maximum absolute atomic E-state index is 4.82. The Morgan fingerprint density at radius 2 is 1.86 bits per heavy atom. The number of piperazine rings is 1. The summed E-state index contributed by atoms with van der Waals surface area (Å²) in [5.74, 6) is 0.931. The molecular formula is C22H37IN6. The molecule has 6 nitrogen and oxygen atoms in total. The van der Waals surface area contributed by atoms with Crippen LogP contribution in [0, 0.1) is 0 Å². The zero-order valence-corrected chi connectivity index (χ0v) is 20.4. The average molecular weight is 512 g/mol. The molecule has 1 fully saturated rings. The molecule has 1 aromatic heterocycles. The maximum atomic E-state index is 4.82. The van der Waals surface area contributed by atoms with Crippen molar-refractivity contribution < 1.29 is 0 Å². The lowest BCUT2D eigenvalue weighted by molar-refractivity contribution is 0.122. The third-order valence-electron chi connectivity index (χ3n) is 5.57. The number of hydrogen-bond donors (Lipinski definition) is 2. The molecule has 1 aliphatic heterocycles. The normalized spacial score (nSPS) is 17.1. The van der Waals surface area contributed by atoms with Crippen LogP contribution in [0.25, 0.3) is 10.9 Å². The van der Waals surface area contributed by atoms with Crippen molar-refractivity contribution in [3.63, 3.8) is 0 Å². The van der Waals surface area contributed by atoms with Crippen LogP contribution in [-0.2, 0) is 6.54 Å². The van der Waals surface area contributed by atoms with Gasteiger partial charge in [-0.05, 0) is 44.8 Å². The zero-order valence-electron chi connectivity index (χ0n) is 18.1. The second-order valence-corrected chi connectivity index (χ2v) is 7.76. The van der Waals surface area contributed by atoms with E-state index in [4.69, 9.17) is 4.99 Å². The summed E-state index contributed by atoms with van der Waals surface area (Å²) in [7, 11) is 2.20. The largest absolute Gasteiger partial charge is 0.357 e. The van der Waals surface area contributed by atoms with Crippen LogP contribution in [0.1, 0.15) is 20.3 Å². The molecule has 1 unspecified atom stereocenters. The van der Waals surface area contributed by atoms with Crippen molar-refractivity contribution in [1.29, 1.82) is 0 Å². The van der Waals surface area contributed by atoms with E-state index >= 15 is 0 Å². The highest BCUT2D eigenvalue weighted by molar-refractivity contribution is 14.0. The Bertz CT molecular complexity index is 751. The van der Waals surface area contributed by atoms with Crippen LogP contribution in [-0.4, -0.2) is 79.2 Å². The van der Waals surface area contributed by atoms with Gasteiger partial charge in [0.05, 0.1) is 6.54 Å². The Hall–Kier alpha value is -1.32. The minimum Gasteiger partial charge on any atom is -0.357 e.